The van der Waals surface area contributed by atoms with E-state index >= 15 is 0 Å². The van der Waals surface area contributed by atoms with Crippen LogP contribution >= 0.6 is 0 Å². The molecule has 1 aromatic carbocycles. The summed E-state index contributed by atoms with van der Waals surface area (Å²) < 4.78 is 7.62. The lowest BCUT2D eigenvalue weighted by Gasteiger charge is -2.27. The second kappa shape index (κ2) is 5.66. The fourth-order valence-corrected chi connectivity index (χ4v) is 3.10. The first-order chi connectivity index (χ1) is 11.2. The molecule has 0 radical (unpaired) electrons. The average molecular weight is 313 g/mol. The smallest absolute Gasteiger partial charge is 0.230 e. The summed E-state index contributed by atoms with van der Waals surface area (Å²) in [5, 5.41) is 4.20. The number of carbonyl (C=O) groups is 1. The molecule has 1 amide bonds. The Kier molecular flexibility index (Phi) is 3.49. The quantitative estimate of drug-likeness (QED) is 0.829. The van der Waals surface area contributed by atoms with Crippen LogP contribution in [-0.4, -0.2) is 45.8 Å². The van der Waals surface area contributed by atoms with Crippen molar-refractivity contribution in [3.8, 4) is 5.75 Å². The van der Waals surface area contributed by atoms with E-state index in [2.05, 4.69) is 27.1 Å². The fraction of sp³-hybridized carbons (Fsp3) is 0.438. The van der Waals surface area contributed by atoms with Gasteiger partial charge in [0.2, 0.25) is 5.91 Å². The van der Waals surface area contributed by atoms with Gasteiger partial charge in [0.1, 0.15) is 17.9 Å². The third-order valence-corrected chi connectivity index (χ3v) is 4.43. The van der Waals surface area contributed by atoms with Crippen LogP contribution in [0.5, 0.6) is 5.75 Å². The van der Waals surface area contributed by atoms with E-state index in [9.17, 15) is 4.79 Å². The van der Waals surface area contributed by atoms with Gasteiger partial charge < -0.3 is 9.64 Å². The predicted octanol–water partition coefficient (Wildman–Crippen LogP) is 1.04. The van der Waals surface area contributed by atoms with Crippen LogP contribution in [0.25, 0.3) is 0 Å². The molecule has 2 aliphatic heterocycles. The molecule has 2 aromatic rings. The van der Waals surface area contributed by atoms with E-state index in [0.717, 1.165) is 43.4 Å². The lowest BCUT2D eigenvalue weighted by Crippen LogP contribution is -2.33. The molecule has 1 aromatic heterocycles. The molecule has 0 unspecified atom stereocenters. The van der Waals surface area contributed by atoms with E-state index in [1.807, 2.05) is 17.8 Å². The number of hydrogen-bond acceptors (Lipinski definition) is 5. The van der Waals surface area contributed by atoms with Crippen molar-refractivity contribution in [2.24, 2.45) is 0 Å². The van der Waals surface area contributed by atoms with Gasteiger partial charge in [-0.3, -0.25) is 9.69 Å². The summed E-state index contributed by atoms with van der Waals surface area (Å²) in [5.74, 6) is 1.87. The van der Waals surface area contributed by atoms with Crippen molar-refractivity contribution in [2.75, 3.05) is 25.1 Å². The number of ether oxygens (including phenoxy) is 1. The molecule has 0 saturated carbocycles. The Morgan fingerprint density at radius 2 is 2.22 bits per heavy atom. The summed E-state index contributed by atoms with van der Waals surface area (Å²) in [6.07, 6.45) is 2.03. The van der Waals surface area contributed by atoms with Gasteiger partial charge in [0.25, 0.3) is 0 Å². The highest BCUT2D eigenvalue weighted by atomic mass is 16.5. The Hall–Kier alpha value is -2.41. The van der Waals surface area contributed by atoms with Crippen LogP contribution in [-0.2, 0) is 24.4 Å². The van der Waals surface area contributed by atoms with Gasteiger partial charge in [0, 0.05) is 20.1 Å². The van der Waals surface area contributed by atoms with Gasteiger partial charge in [-0.05, 0) is 17.7 Å². The minimum atomic E-state index is 0.0898. The van der Waals surface area contributed by atoms with Crippen molar-refractivity contribution in [3.05, 3.63) is 35.9 Å². The highest BCUT2D eigenvalue weighted by Gasteiger charge is 2.22. The Morgan fingerprint density at radius 3 is 3.13 bits per heavy atom. The van der Waals surface area contributed by atoms with E-state index in [1.54, 1.807) is 11.2 Å². The zero-order valence-corrected chi connectivity index (χ0v) is 13.1. The molecule has 4 rings (SSSR count). The number of nitrogens with zero attached hydrogens (tertiary/aromatic N) is 5. The molecule has 3 heterocycles. The van der Waals surface area contributed by atoms with Crippen LogP contribution < -0.4 is 9.64 Å². The molecule has 0 N–H and O–H groups in total. The standard InChI is InChI=1S/C16H19N5O2/c1-19-13-8-12(2-3-14(13)23-7-4-16(19)22)9-20-5-6-21-15(10-20)17-11-18-21/h2-3,8,11H,4-7,9-10H2,1H3. The van der Waals surface area contributed by atoms with Crippen molar-refractivity contribution in [2.45, 2.75) is 26.1 Å². The van der Waals surface area contributed by atoms with Crippen LogP contribution in [0.4, 0.5) is 5.69 Å². The summed E-state index contributed by atoms with van der Waals surface area (Å²) in [5.41, 5.74) is 2.02. The monoisotopic (exact) mass is 313 g/mol. The molecule has 0 bridgehead atoms. The first kappa shape index (κ1) is 14.2. The molecule has 120 valence electrons. The third kappa shape index (κ3) is 2.68. The van der Waals surface area contributed by atoms with Crippen molar-refractivity contribution >= 4 is 11.6 Å². The van der Waals surface area contributed by atoms with Gasteiger partial charge >= 0.3 is 0 Å². The summed E-state index contributed by atoms with van der Waals surface area (Å²) in [7, 11) is 1.81. The molecule has 0 spiro atoms. The zero-order valence-electron chi connectivity index (χ0n) is 13.1. The van der Waals surface area contributed by atoms with Crippen LogP contribution in [0, 0.1) is 0 Å². The Morgan fingerprint density at radius 1 is 1.30 bits per heavy atom. The first-order valence-corrected chi connectivity index (χ1v) is 7.82. The summed E-state index contributed by atoms with van der Waals surface area (Å²) in [4.78, 5) is 20.3. The van der Waals surface area contributed by atoms with Gasteiger partial charge in [-0.25, -0.2) is 9.67 Å². The van der Waals surface area contributed by atoms with Crippen LogP contribution in [0.3, 0.4) is 0 Å². The maximum atomic E-state index is 12.0. The van der Waals surface area contributed by atoms with Crippen molar-refractivity contribution in [3.63, 3.8) is 0 Å². The first-order valence-electron chi connectivity index (χ1n) is 7.82. The van der Waals surface area contributed by atoms with Gasteiger partial charge in [0.05, 0.1) is 31.8 Å². The van der Waals surface area contributed by atoms with E-state index in [0.29, 0.717) is 13.0 Å². The molecule has 0 saturated heterocycles. The van der Waals surface area contributed by atoms with E-state index in [-0.39, 0.29) is 5.91 Å². The summed E-state index contributed by atoms with van der Waals surface area (Å²) in [6, 6.07) is 6.09. The lowest BCUT2D eigenvalue weighted by atomic mass is 10.1. The summed E-state index contributed by atoms with van der Waals surface area (Å²) >= 11 is 0. The molecule has 0 aliphatic carbocycles. The highest BCUT2D eigenvalue weighted by molar-refractivity contribution is 5.95. The van der Waals surface area contributed by atoms with Gasteiger partial charge in [-0.15, -0.1) is 0 Å². The van der Waals surface area contributed by atoms with Crippen LogP contribution in [0.15, 0.2) is 24.5 Å². The molecular formula is C16H19N5O2. The molecule has 7 nitrogen and oxygen atoms in total. The fourth-order valence-electron chi connectivity index (χ4n) is 3.10. The maximum Gasteiger partial charge on any atom is 0.230 e. The van der Waals surface area contributed by atoms with Crippen LogP contribution in [0.2, 0.25) is 0 Å². The number of hydrogen-bond donors (Lipinski definition) is 0. The third-order valence-electron chi connectivity index (χ3n) is 4.43. The SMILES string of the molecule is CN1C(=O)CCOc2ccc(CN3CCn4ncnc4C3)cc21. The largest absolute Gasteiger partial charge is 0.491 e. The Balaban J connectivity index is 1.54. The Labute approximate surface area is 134 Å². The van der Waals surface area contributed by atoms with Crippen molar-refractivity contribution in [1.82, 2.24) is 19.7 Å². The topological polar surface area (TPSA) is 63.5 Å². The highest BCUT2D eigenvalue weighted by Crippen LogP contribution is 2.32. The van der Waals surface area contributed by atoms with E-state index in [4.69, 9.17) is 4.74 Å². The van der Waals surface area contributed by atoms with Crippen molar-refractivity contribution in [1.29, 1.82) is 0 Å². The van der Waals surface area contributed by atoms with Gasteiger partial charge in [0.15, 0.2) is 0 Å². The van der Waals surface area contributed by atoms with E-state index < -0.39 is 0 Å². The normalized spacial score (nSPS) is 18.1. The number of fused-ring (bicyclic) bond motifs is 2. The molecule has 7 heteroatoms. The van der Waals surface area contributed by atoms with E-state index in [1.165, 1.54) is 5.56 Å². The van der Waals surface area contributed by atoms with Crippen molar-refractivity contribution < 1.29 is 9.53 Å². The van der Waals surface area contributed by atoms with Gasteiger partial charge in [-0.1, -0.05) is 6.07 Å². The predicted molar refractivity (Wildman–Crippen MR) is 84.1 cm³/mol. The molecular weight excluding hydrogens is 294 g/mol. The number of aromatic nitrogens is 3. The number of amides is 1. The summed E-state index contributed by atoms with van der Waals surface area (Å²) in [6.45, 7) is 3.86. The molecule has 2 aliphatic rings. The maximum absolute atomic E-state index is 12.0. The average Bonchev–Trinajstić information content (AvgIpc) is 2.97. The minimum Gasteiger partial charge on any atom is -0.491 e. The zero-order chi connectivity index (χ0) is 15.8. The van der Waals surface area contributed by atoms with Crippen LogP contribution in [0.1, 0.15) is 17.8 Å². The van der Waals surface area contributed by atoms with Gasteiger partial charge in [-0.2, -0.15) is 5.10 Å². The second-order valence-corrected chi connectivity index (χ2v) is 5.96. The number of rotatable bonds is 2. The number of anilines is 1. The number of benzene rings is 1. The lowest BCUT2D eigenvalue weighted by molar-refractivity contribution is -0.118. The minimum absolute atomic E-state index is 0.0898. The molecule has 0 atom stereocenters. The number of carbonyl (C=O) groups excluding carboxylic acids is 1. The second-order valence-electron chi connectivity index (χ2n) is 5.96. The molecule has 23 heavy (non-hydrogen) atoms. The Bertz CT molecular complexity index is 742. The molecule has 0 fully saturated rings.